The first-order valence-corrected chi connectivity index (χ1v) is 11.0. The van der Waals surface area contributed by atoms with Gasteiger partial charge >= 0.3 is 0 Å². The Kier molecular flexibility index (Phi) is 7.35. The number of hydrogen-bond donors (Lipinski definition) is 1. The van der Waals surface area contributed by atoms with Gasteiger partial charge in [-0.1, -0.05) is 83.3 Å². The van der Waals surface area contributed by atoms with Crippen molar-refractivity contribution in [3.8, 4) is 28.2 Å². The summed E-state index contributed by atoms with van der Waals surface area (Å²) in [5, 5.41) is 5.04. The number of halogens is 3. The van der Waals surface area contributed by atoms with E-state index in [0.29, 0.717) is 37.9 Å². The molecular formula is C25H17Cl3N2O3. The molecule has 0 unspecified atom stereocenters. The van der Waals surface area contributed by atoms with E-state index in [9.17, 15) is 4.79 Å². The lowest BCUT2D eigenvalue weighted by atomic mass is 10.1. The Bertz CT molecular complexity index is 1300. The van der Waals surface area contributed by atoms with Crippen LogP contribution in [0, 0.1) is 0 Å². The number of carbonyl (C=O) groups excluding carboxylic acids is 1. The molecule has 0 fully saturated rings. The highest BCUT2D eigenvalue weighted by Crippen LogP contribution is 2.35. The first-order valence-electron chi connectivity index (χ1n) is 9.85. The summed E-state index contributed by atoms with van der Waals surface area (Å²) in [7, 11) is 0. The Morgan fingerprint density at radius 3 is 2.42 bits per heavy atom. The van der Waals surface area contributed by atoms with E-state index >= 15 is 0 Å². The second kappa shape index (κ2) is 10.6. The molecule has 0 saturated carbocycles. The molecule has 0 aliphatic carbocycles. The van der Waals surface area contributed by atoms with Gasteiger partial charge in [-0.25, -0.2) is 5.43 Å². The second-order valence-electron chi connectivity index (χ2n) is 6.89. The summed E-state index contributed by atoms with van der Waals surface area (Å²) >= 11 is 18.2. The zero-order valence-electron chi connectivity index (χ0n) is 17.1. The van der Waals surface area contributed by atoms with Crippen LogP contribution in [-0.2, 0) is 4.79 Å². The molecule has 4 aromatic rings. The number of nitrogens with one attached hydrogen (secondary N) is 1. The summed E-state index contributed by atoms with van der Waals surface area (Å²) < 4.78 is 11.4. The number of amides is 1. The van der Waals surface area contributed by atoms with Crippen molar-refractivity contribution in [3.05, 3.63) is 99.7 Å². The van der Waals surface area contributed by atoms with Gasteiger partial charge in [-0.2, -0.15) is 5.10 Å². The Balaban J connectivity index is 1.35. The number of rotatable bonds is 7. The molecule has 0 saturated heterocycles. The van der Waals surface area contributed by atoms with Crippen molar-refractivity contribution in [3.63, 3.8) is 0 Å². The van der Waals surface area contributed by atoms with E-state index in [0.717, 1.165) is 11.1 Å². The van der Waals surface area contributed by atoms with Gasteiger partial charge < -0.3 is 9.15 Å². The standard InChI is InChI=1S/C25H17Cl3N2O3/c26-20-13-22(28)21(27)12-19(20)24-11-10-17(33-24)14-29-30-25(31)15-32-23-9-5-4-8-18(23)16-6-2-1-3-7-16/h1-14H,15H2,(H,30,31)/b29-14+. The van der Waals surface area contributed by atoms with Gasteiger partial charge in [0, 0.05) is 11.1 Å². The predicted octanol–water partition coefficient (Wildman–Crippen LogP) is 7.10. The molecule has 0 bridgehead atoms. The highest BCUT2D eigenvalue weighted by Gasteiger charge is 2.12. The highest BCUT2D eigenvalue weighted by atomic mass is 35.5. The number of benzene rings is 3. The van der Waals surface area contributed by atoms with Crippen molar-refractivity contribution in [1.29, 1.82) is 0 Å². The van der Waals surface area contributed by atoms with E-state index in [-0.39, 0.29) is 6.61 Å². The molecule has 0 spiro atoms. The van der Waals surface area contributed by atoms with Crippen LogP contribution in [0.4, 0.5) is 0 Å². The Morgan fingerprint density at radius 2 is 1.61 bits per heavy atom. The SMILES string of the molecule is O=C(COc1ccccc1-c1ccccc1)N/N=C/c1ccc(-c2cc(Cl)c(Cl)cc2Cl)o1. The summed E-state index contributed by atoms with van der Waals surface area (Å²) in [4.78, 5) is 12.2. The van der Waals surface area contributed by atoms with Gasteiger partial charge in [0.2, 0.25) is 0 Å². The lowest BCUT2D eigenvalue weighted by Gasteiger charge is -2.10. The van der Waals surface area contributed by atoms with Gasteiger partial charge in [-0.3, -0.25) is 4.79 Å². The minimum Gasteiger partial charge on any atom is -0.483 e. The number of hydrogen-bond acceptors (Lipinski definition) is 4. The van der Waals surface area contributed by atoms with E-state index < -0.39 is 5.91 Å². The van der Waals surface area contributed by atoms with Gasteiger partial charge in [0.1, 0.15) is 17.3 Å². The van der Waals surface area contributed by atoms with E-state index in [1.807, 2.05) is 54.6 Å². The van der Waals surface area contributed by atoms with Crippen LogP contribution in [0.3, 0.4) is 0 Å². The summed E-state index contributed by atoms with van der Waals surface area (Å²) in [6.45, 7) is -0.191. The summed E-state index contributed by atoms with van der Waals surface area (Å²) in [5.74, 6) is 1.11. The minimum atomic E-state index is -0.409. The van der Waals surface area contributed by atoms with Crippen molar-refractivity contribution < 1.29 is 13.9 Å². The molecule has 166 valence electrons. The maximum atomic E-state index is 12.2. The molecule has 1 heterocycles. The quantitative estimate of drug-likeness (QED) is 0.167. The molecule has 0 atom stereocenters. The van der Waals surface area contributed by atoms with E-state index in [4.69, 9.17) is 44.0 Å². The first-order chi connectivity index (χ1) is 16.0. The topological polar surface area (TPSA) is 63.8 Å². The lowest BCUT2D eigenvalue weighted by Crippen LogP contribution is -2.24. The number of hydrazone groups is 1. The molecule has 1 aromatic heterocycles. The minimum absolute atomic E-state index is 0.191. The van der Waals surface area contributed by atoms with E-state index in [1.54, 1.807) is 24.3 Å². The van der Waals surface area contributed by atoms with Gasteiger partial charge in [0.25, 0.3) is 5.91 Å². The van der Waals surface area contributed by atoms with Crippen molar-refractivity contribution >= 4 is 46.9 Å². The molecule has 1 amide bonds. The average Bonchev–Trinajstić information content (AvgIpc) is 3.29. The summed E-state index contributed by atoms with van der Waals surface area (Å²) in [6.07, 6.45) is 1.38. The van der Waals surface area contributed by atoms with Crippen LogP contribution in [0.5, 0.6) is 5.75 Å². The Hall–Kier alpha value is -3.25. The molecule has 4 rings (SSSR count). The normalized spacial score (nSPS) is 11.0. The van der Waals surface area contributed by atoms with Crippen LogP contribution in [0.1, 0.15) is 5.76 Å². The average molecular weight is 500 g/mol. The maximum absolute atomic E-state index is 12.2. The molecule has 3 aromatic carbocycles. The number of ether oxygens (including phenoxy) is 1. The molecular weight excluding hydrogens is 483 g/mol. The third-order valence-corrected chi connectivity index (χ3v) is 5.65. The number of furan rings is 1. The van der Waals surface area contributed by atoms with Gasteiger partial charge in [-0.05, 0) is 35.9 Å². The molecule has 0 aliphatic rings. The number of carbonyl (C=O) groups is 1. The van der Waals surface area contributed by atoms with Crippen LogP contribution in [0.15, 0.2) is 88.4 Å². The fourth-order valence-corrected chi connectivity index (χ4v) is 3.71. The summed E-state index contributed by atoms with van der Waals surface area (Å²) in [5.41, 5.74) is 4.92. The van der Waals surface area contributed by atoms with Gasteiger partial charge in [0.05, 0.1) is 21.3 Å². The zero-order valence-corrected chi connectivity index (χ0v) is 19.4. The molecule has 1 N–H and O–H groups in total. The summed E-state index contributed by atoms with van der Waals surface area (Å²) in [6, 6.07) is 23.9. The molecule has 0 aliphatic heterocycles. The van der Waals surface area contributed by atoms with Gasteiger partial charge in [0.15, 0.2) is 6.61 Å². The van der Waals surface area contributed by atoms with Crippen LogP contribution in [-0.4, -0.2) is 18.7 Å². The Morgan fingerprint density at radius 1 is 0.879 bits per heavy atom. The molecule has 5 nitrogen and oxygen atoms in total. The molecule has 0 radical (unpaired) electrons. The van der Waals surface area contributed by atoms with Crippen molar-refractivity contribution in [2.75, 3.05) is 6.61 Å². The Labute approximate surface area is 205 Å². The predicted molar refractivity (Wildman–Crippen MR) is 132 cm³/mol. The zero-order chi connectivity index (χ0) is 23.2. The fraction of sp³-hybridized carbons (Fsp3) is 0.0400. The third-order valence-electron chi connectivity index (χ3n) is 4.61. The van der Waals surface area contributed by atoms with Crippen LogP contribution in [0.25, 0.3) is 22.5 Å². The van der Waals surface area contributed by atoms with Crippen molar-refractivity contribution in [2.24, 2.45) is 5.10 Å². The van der Waals surface area contributed by atoms with Crippen LogP contribution < -0.4 is 10.2 Å². The molecule has 8 heteroatoms. The lowest BCUT2D eigenvalue weighted by molar-refractivity contribution is -0.123. The van der Waals surface area contributed by atoms with Crippen molar-refractivity contribution in [1.82, 2.24) is 5.43 Å². The maximum Gasteiger partial charge on any atom is 0.277 e. The molecule has 33 heavy (non-hydrogen) atoms. The smallest absolute Gasteiger partial charge is 0.277 e. The van der Waals surface area contributed by atoms with Crippen LogP contribution >= 0.6 is 34.8 Å². The van der Waals surface area contributed by atoms with E-state index in [1.165, 1.54) is 6.21 Å². The number of para-hydroxylation sites is 1. The van der Waals surface area contributed by atoms with Crippen molar-refractivity contribution in [2.45, 2.75) is 0 Å². The van der Waals surface area contributed by atoms with Crippen LogP contribution in [0.2, 0.25) is 15.1 Å². The largest absolute Gasteiger partial charge is 0.483 e. The monoisotopic (exact) mass is 498 g/mol. The fourth-order valence-electron chi connectivity index (χ4n) is 3.07. The second-order valence-corrected chi connectivity index (χ2v) is 8.11. The highest BCUT2D eigenvalue weighted by molar-refractivity contribution is 6.44. The van der Waals surface area contributed by atoms with E-state index in [2.05, 4.69) is 10.5 Å². The first kappa shape index (κ1) is 22.9. The van der Waals surface area contributed by atoms with Gasteiger partial charge in [-0.15, -0.1) is 0 Å². The number of nitrogens with zero attached hydrogens (tertiary/aromatic N) is 1. The third kappa shape index (κ3) is 5.76.